The Bertz CT molecular complexity index is 742. The van der Waals surface area contributed by atoms with E-state index >= 15 is 0 Å². The number of nitrogens with zero attached hydrogens (tertiary/aromatic N) is 1. The Morgan fingerprint density at radius 1 is 1.25 bits per heavy atom. The average molecular weight is 349 g/mol. The maximum atomic E-state index is 5.35. The van der Waals surface area contributed by atoms with Crippen molar-refractivity contribution >= 4 is 42.6 Å². The molecule has 20 heavy (non-hydrogen) atoms. The number of fused-ring (bicyclic) bond motifs is 1. The average Bonchev–Trinajstić information content (AvgIpc) is 2.87. The fourth-order valence-electron chi connectivity index (χ4n) is 1.99. The Hall–Kier alpha value is -1.59. The number of aromatic nitrogens is 1. The third kappa shape index (κ3) is 2.78. The first-order valence-corrected chi connectivity index (χ1v) is 7.79. The first-order chi connectivity index (χ1) is 9.76. The van der Waals surface area contributed by atoms with Crippen molar-refractivity contribution in [1.29, 1.82) is 0 Å². The first-order valence-electron chi connectivity index (χ1n) is 6.18. The van der Waals surface area contributed by atoms with Gasteiger partial charge in [0.25, 0.3) is 0 Å². The number of benzene rings is 2. The predicted molar refractivity (Wildman–Crippen MR) is 87.6 cm³/mol. The summed E-state index contributed by atoms with van der Waals surface area (Å²) < 4.78 is 7.59. The van der Waals surface area contributed by atoms with Gasteiger partial charge in [-0.2, -0.15) is 0 Å². The van der Waals surface area contributed by atoms with Gasteiger partial charge in [0.05, 0.1) is 17.3 Å². The molecule has 3 rings (SSSR count). The Morgan fingerprint density at radius 3 is 2.95 bits per heavy atom. The van der Waals surface area contributed by atoms with Crippen molar-refractivity contribution in [1.82, 2.24) is 4.98 Å². The molecule has 1 heterocycles. The van der Waals surface area contributed by atoms with E-state index in [1.54, 1.807) is 18.4 Å². The highest BCUT2D eigenvalue weighted by Crippen LogP contribution is 2.29. The number of anilines is 1. The van der Waals surface area contributed by atoms with Gasteiger partial charge in [-0.1, -0.05) is 45.5 Å². The molecule has 0 spiro atoms. The van der Waals surface area contributed by atoms with Crippen LogP contribution in [0.3, 0.4) is 0 Å². The van der Waals surface area contributed by atoms with Crippen LogP contribution >= 0.6 is 27.3 Å². The van der Waals surface area contributed by atoms with Gasteiger partial charge in [0.2, 0.25) is 0 Å². The van der Waals surface area contributed by atoms with Gasteiger partial charge in [-0.25, -0.2) is 4.98 Å². The van der Waals surface area contributed by atoms with E-state index < -0.39 is 0 Å². The molecule has 1 aromatic heterocycles. The Balaban J connectivity index is 1.79. The largest absolute Gasteiger partial charge is 0.496 e. The molecule has 1 N–H and O–H groups in total. The van der Waals surface area contributed by atoms with E-state index in [0.717, 1.165) is 26.4 Å². The molecule has 0 saturated heterocycles. The number of methoxy groups -OCH3 is 1. The van der Waals surface area contributed by atoms with Crippen LogP contribution in [0.4, 0.5) is 5.13 Å². The van der Waals surface area contributed by atoms with Gasteiger partial charge in [-0.3, -0.25) is 0 Å². The van der Waals surface area contributed by atoms with E-state index in [1.807, 2.05) is 30.3 Å². The van der Waals surface area contributed by atoms with Gasteiger partial charge in [0, 0.05) is 16.6 Å². The number of rotatable bonds is 4. The smallest absolute Gasteiger partial charge is 0.184 e. The van der Waals surface area contributed by atoms with Crippen molar-refractivity contribution in [2.45, 2.75) is 6.54 Å². The molecule has 3 nitrogen and oxygen atoms in total. The van der Waals surface area contributed by atoms with Crippen LogP contribution in [0.15, 0.2) is 46.9 Å². The molecule has 0 aliphatic rings. The molecule has 2 aromatic carbocycles. The summed E-state index contributed by atoms with van der Waals surface area (Å²) in [5, 5.41) is 4.28. The zero-order valence-electron chi connectivity index (χ0n) is 10.9. The second-order valence-electron chi connectivity index (χ2n) is 4.30. The predicted octanol–water partition coefficient (Wildman–Crippen LogP) is 4.68. The lowest BCUT2D eigenvalue weighted by atomic mass is 10.2. The van der Waals surface area contributed by atoms with Gasteiger partial charge in [0.1, 0.15) is 5.75 Å². The summed E-state index contributed by atoms with van der Waals surface area (Å²) in [5.41, 5.74) is 2.14. The summed E-state index contributed by atoms with van der Waals surface area (Å²) in [7, 11) is 1.69. The Morgan fingerprint density at radius 2 is 2.10 bits per heavy atom. The number of para-hydroxylation sites is 1. The molecule has 0 aliphatic carbocycles. The summed E-state index contributed by atoms with van der Waals surface area (Å²) in [6.45, 7) is 0.699. The standard InChI is InChI=1S/C15H13BrN2OS/c1-19-13-5-3-2-4-10(13)9-17-15-18-12-7-6-11(16)8-14(12)20-15/h2-8H,9H2,1H3,(H,17,18). The van der Waals surface area contributed by atoms with E-state index in [1.165, 1.54) is 4.70 Å². The number of hydrogen-bond acceptors (Lipinski definition) is 4. The second-order valence-corrected chi connectivity index (χ2v) is 6.24. The summed E-state index contributed by atoms with van der Waals surface area (Å²) in [4.78, 5) is 4.57. The van der Waals surface area contributed by atoms with E-state index in [4.69, 9.17) is 4.74 Å². The molecule has 0 saturated carbocycles. The van der Waals surface area contributed by atoms with Gasteiger partial charge in [-0.15, -0.1) is 0 Å². The van der Waals surface area contributed by atoms with Crippen LogP contribution in [0.5, 0.6) is 5.75 Å². The highest BCUT2D eigenvalue weighted by molar-refractivity contribution is 9.10. The molecular formula is C15H13BrN2OS. The zero-order valence-corrected chi connectivity index (χ0v) is 13.3. The lowest BCUT2D eigenvalue weighted by Crippen LogP contribution is -2.00. The van der Waals surface area contributed by atoms with Crippen molar-refractivity contribution in [3.05, 3.63) is 52.5 Å². The quantitative estimate of drug-likeness (QED) is 0.743. The highest BCUT2D eigenvalue weighted by atomic mass is 79.9. The fraction of sp³-hybridized carbons (Fsp3) is 0.133. The molecular weight excluding hydrogens is 336 g/mol. The molecule has 0 bridgehead atoms. The molecule has 3 aromatic rings. The zero-order chi connectivity index (χ0) is 13.9. The number of hydrogen-bond donors (Lipinski definition) is 1. The van der Waals surface area contributed by atoms with Crippen LogP contribution in [0.25, 0.3) is 10.2 Å². The van der Waals surface area contributed by atoms with Crippen LogP contribution in [0.2, 0.25) is 0 Å². The Labute approximate surface area is 129 Å². The second kappa shape index (κ2) is 5.81. The Kier molecular flexibility index (Phi) is 3.89. The summed E-state index contributed by atoms with van der Waals surface area (Å²) in [6.07, 6.45) is 0. The lowest BCUT2D eigenvalue weighted by Gasteiger charge is -2.08. The maximum Gasteiger partial charge on any atom is 0.184 e. The van der Waals surface area contributed by atoms with E-state index in [2.05, 4.69) is 38.4 Å². The minimum Gasteiger partial charge on any atom is -0.496 e. The monoisotopic (exact) mass is 348 g/mol. The maximum absolute atomic E-state index is 5.35. The summed E-state index contributed by atoms with van der Waals surface area (Å²) >= 11 is 5.13. The topological polar surface area (TPSA) is 34.1 Å². The SMILES string of the molecule is COc1ccccc1CNc1nc2ccc(Br)cc2s1. The van der Waals surface area contributed by atoms with Crippen LogP contribution in [-0.2, 0) is 6.54 Å². The minimum absolute atomic E-state index is 0.699. The van der Waals surface area contributed by atoms with E-state index in [9.17, 15) is 0 Å². The van der Waals surface area contributed by atoms with Gasteiger partial charge in [0.15, 0.2) is 5.13 Å². The van der Waals surface area contributed by atoms with Gasteiger partial charge < -0.3 is 10.1 Å². The van der Waals surface area contributed by atoms with Crippen LogP contribution < -0.4 is 10.1 Å². The number of thiazole rings is 1. The molecule has 0 amide bonds. The number of ether oxygens (including phenoxy) is 1. The van der Waals surface area contributed by atoms with Crippen LogP contribution in [-0.4, -0.2) is 12.1 Å². The highest BCUT2D eigenvalue weighted by Gasteiger charge is 2.06. The molecule has 0 unspecified atom stereocenters. The van der Waals surface area contributed by atoms with Crippen LogP contribution in [0.1, 0.15) is 5.56 Å². The molecule has 0 radical (unpaired) electrons. The minimum atomic E-state index is 0.699. The normalized spacial score (nSPS) is 10.7. The van der Waals surface area contributed by atoms with Crippen molar-refractivity contribution in [3.63, 3.8) is 0 Å². The van der Waals surface area contributed by atoms with Crippen LogP contribution in [0, 0.1) is 0 Å². The van der Waals surface area contributed by atoms with Gasteiger partial charge in [-0.05, 0) is 24.3 Å². The van der Waals surface area contributed by atoms with Crippen molar-refractivity contribution in [3.8, 4) is 5.75 Å². The summed E-state index contributed by atoms with van der Waals surface area (Å²) in [6, 6.07) is 14.1. The van der Waals surface area contributed by atoms with Crippen molar-refractivity contribution in [2.24, 2.45) is 0 Å². The molecule has 102 valence electrons. The van der Waals surface area contributed by atoms with Gasteiger partial charge >= 0.3 is 0 Å². The molecule has 5 heteroatoms. The number of nitrogens with one attached hydrogen (secondary N) is 1. The van der Waals surface area contributed by atoms with Crippen molar-refractivity contribution in [2.75, 3.05) is 12.4 Å². The summed E-state index contributed by atoms with van der Waals surface area (Å²) in [5.74, 6) is 0.892. The molecule has 0 atom stereocenters. The first kappa shape index (κ1) is 13.4. The fourth-order valence-corrected chi connectivity index (χ4v) is 3.41. The molecule has 0 aliphatic heterocycles. The van der Waals surface area contributed by atoms with E-state index in [-0.39, 0.29) is 0 Å². The van der Waals surface area contributed by atoms with E-state index in [0.29, 0.717) is 6.54 Å². The van der Waals surface area contributed by atoms with Crippen molar-refractivity contribution < 1.29 is 4.74 Å². The molecule has 0 fully saturated rings. The number of halogens is 1. The lowest BCUT2D eigenvalue weighted by molar-refractivity contribution is 0.410. The third-order valence-electron chi connectivity index (χ3n) is 2.97. The third-order valence-corrected chi connectivity index (χ3v) is 4.44.